The summed E-state index contributed by atoms with van der Waals surface area (Å²) in [7, 11) is 0. The van der Waals surface area contributed by atoms with Gasteiger partial charge in [0, 0.05) is 34.6 Å². The van der Waals surface area contributed by atoms with Crippen molar-refractivity contribution in [2.75, 3.05) is 4.90 Å². The molecule has 6 aromatic carbocycles. The molecule has 2 aliphatic carbocycles. The van der Waals surface area contributed by atoms with E-state index in [1.807, 2.05) is 0 Å². The van der Waals surface area contributed by atoms with Gasteiger partial charge in [0.1, 0.15) is 11.5 Å². The smallest absolute Gasteiger partial charge is 0.108 e. The van der Waals surface area contributed by atoms with Crippen molar-refractivity contribution in [3.8, 4) is 22.3 Å². The van der Waals surface area contributed by atoms with Crippen LogP contribution in [-0.4, -0.2) is 0 Å². The van der Waals surface area contributed by atoms with E-state index >= 15 is 0 Å². The van der Waals surface area contributed by atoms with Crippen LogP contribution in [0.25, 0.3) is 50.2 Å². The van der Waals surface area contributed by atoms with E-state index < -0.39 is 0 Å². The number of fused-ring (bicyclic) bond motifs is 2. The van der Waals surface area contributed by atoms with E-state index in [9.17, 15) is 0 Å². The van der Waals surface area contributed by atoms with Crippen LogP contribution in [0.4, 0.5) is 17.1 Å². The van der Waals surface area contributed by atoms with Gasteiger partial charge in [0.25, 0.3) is 0 Å². The largest absolute Gasteiger partial charge is 0.465 e. The average Bonchev–Trinajstić information content (AvgIpc) is 3.59. The number of allylic oxidation sites excluding steroid dienone is 10. The van der Waals surface area contributed by atoms with Crippen molar-refractivity contribution in [1.82, 2.24) is 0 Å². The molecular weight excluding hydrogens is 715 g/mol. The van der Waals surface area contributed by atoms with Crippen LogP contribution in [0.3, 0.4) is 0 Å². The maximum atomic E-state index is 6.37. The number of aryl methyl sites for hydroxylation is 2. The Labute approximate surface area is 349 Å². The Balaban J connectivity index is 1.21. The summed E-state index contributed by atoms with van der Waals surface area (Å²) in [5, 5.41) is 2.44. The summed E-state index contributed by atoms with van der Waals surface area (Å²) in [6, 6.07) is 51.1. The molecule has 2 heteroatoms. The molecule has 2 aliphatic rings. The van der Waals surface area contributed by atoms with Gasteiger partial charge in [0.2, 0.25) is 0 Å². The van der Waals surface area contributed by atoms with E-state index in [4.69, 9.17) is 4.42 Å². The predicted molar refractivity (Wildman–Crippen MR) is 252 cm³/mol. The second-order valence-corrected chi connectivity index (χ2v) is 15.6. The minimum Gasteiger partial charge on any atom is -0.465 e. The second-order valence-electron chi connectivity index (χ2n) is 15.6. The van der Waals surface area contributed by atoms with Gasteiger partial charge in [0.05, 0.1) is 0 Å². The quantitative estimate of drug-likeness (QED) is 0.153. The summed E-state index contributed by atoms with van der Waals surface area (Å²) < 4.78 is 6.37. The Morgan fingerprint density at radius 3 is 2.10 bits per heavy atom. The molecule has 0 N–H and O–H groups in total. The van der Waals surface area contributed by atoms with Crippen LogP contribution in [0.1, 0.15) is 60.0 Å². The number of benzene rings is 6. The molecular formula is C57H49NO. The third-order valence-electron chi connectivity index (χ3n) is 11.6. The van der Waals surface area contributed by atoms with Crippen LogP contribution in [0, 0.1) is 6.92 Å². The molecule has 0 aliphatic heterocycles. The molecule has 9 rings (SSSR count). The molecule has 2 nitrogen and oxygen atoms in total. The minimum absolute atomic E-state index is 0.777. The summed E-state index contributed by atoms with van der Waals surface area (Å²) >= 11 is 0. The van der Waals surface area contributed by atoms with Gasteiger partial charge in [-0.15, -0.1) is 0 Å². The van der Waals surface area contributed by atoms with Gasteiger partial charge in [-0.05, 0) is 137 Å². The van der Waals surface area contributed by atoms with E-state index in [1.165, 1.54) is 60.9 Å². The number of rotatable bonds is 8. The van der Waals surface area contributed by atoms with Gasteiger partial charge in [-0.1, -0.05) is 158 Å². The van der Waals surface area contributed by atoms with Crippen molar-refractivity contribution in [3.05, 3.63) is 228 Å². The molecule has 0 saturated carbocycles. The molecule has 0 saturated heterocycles. The highest BCUT2D eigenvalue weighted by Gasteiger charge is 2.20. The average molecular weight is 764 g/mol. The lowest BCUT2D eigenvalue weighted by Gasteiger charge is -2.28. The van der Waals surface area contributed by atoms with Crippen LogP contribution < -0.4 is 4.90 Å². The van der Waals surface area contributed by atoms with E-state index in [0.29, 0.717) is 0 Å². The highest BCUT2D eigenvalue weighted by Crippen LogP contribution is 2.42. The Bertz CT molecular complexity index is 2820. The molecule has 0 amide bonds. The fourth-order valence-electron chi connectivity index (χ4n) is 8.58. The van der Waals surface area contributed by atoms with Crippen molar-refractivity contribution < 1.29 is 4.42 Å². The first-order valence-corrected chi connectivity index (χ1v) is 20.9. The zero-order chi connectivity index (χ0) is 40.1. The lowest BCUT2D eigenvalue weighted by molar-refractivity contribution is 0.479. The molecule has 0 atom stereocenters. The first-order valence-electron chi connectivity index (χ1n) is 20.9. The summed E-state index contributed by atoms with van der Waals surface area (Å²) in [5.74, 6) is 2.03. The van der Waals surface area contributed by atoms with Gasteiger partial charge >= 0.3 is 0 Å². The second kappa shape index (κ2) is 16.9. The first-order chi connectivity index (χ1) is 29.0. The highest BCUT2D eigenvalue weighted by atomic mass is 16.3. The number of hydrogen-bond acceptors (Lipinski definition) is 2. The Kier molecular flexibility index (Phi) is 10.8. The normalized spacial score (nSPS) is 15.7. The summed E-state index contributed by atoms with van der Waals surface area (Å²) in [5.41, 5.74) is 16.4. The van der Waals surface area contributed by atoms with E-state index in [-0.39, 0.29) is 0 Å². The van der Waals surface area contributed by atoms with Crippen molar-refractivity contribution in [2.45, 2.75) is 46.0 Å². The van der Waals surface area contributed by atoms with Crippen LogP contribution in [-0.2, 0) is 12.8 Å². The van der Waals surface area contributed by atoms with Crippen molar-refractivity contribution in [1.29, 1.82) is 0 Å². The number of hydrogen-bond donors (Lipinski definition) is 0. The molecule has 7 aromatic rings. The molecule has 1 heterocycles. The SMILES string of the molecule is C=C1/C=C\C(c2ccc(N(c3cccc(-c4ccccc4)c3)c3ccc4cc(C5=CCCC=C5)ccc4c3)cc2-c2ccccc2)=C/Cc2c(oc(C)c2/C=C\C)CC1. The topological polar surface area (TPSA) is 16.4 Å². The monoisotopic (exact) mass is 763 g/mol. The number of anilines is 3. The third kappa shape index (κ3) is 8.00. The predicted octanol–water partition coefficient (Wildman–Crippen LogP) is 16.0. The maximum Gasteiger partial charge on any atom is 0.108 e. The van der Waals surface area contributed by atoms with Gasteiger partial charge in [-0.3, -0.25) is 0 Å². The highest BCUT2D eigenvalue weighted by molar-refractivity contribution is 5.94. The van der Waals surface area contributed by atoms with Gasteiger partial charge in [-0.2, -0.15) is 0 Å². The van der Waals surface area contributed by atoms with Crippen LogP contribution >= 0.6 is 0 Å². The standard InChI is InChI=1S/C57H49NO/c1-4-15-53-41(3)59-57-35-25-40(2)24-26-45(30-33-55(53)57)54-34-32-52(39-56(54)44-20-12-7-13-21-44)58(50-23-14-22-46(37-50)42-16-8-5-9-17-42)51-31-29-48-36-47(27-28-49(48)38-51)43-18-10-6-11-19-43/h4-5,7-10,12-24,26-32,34,36-39H,2,6,11,25,33,35H2,1,3H3/b15-4-,26-24-,45-30+. The molecule has 1 aromatic heterocycles. The zero-order valence-electron chi connectivity index (χ0n) is 34.0. The summed E-state index contributed by atoms with van der Waals surface area (Å²) in [4.78, 5) is 2.41. The molecule has 0 fully saturated rings. The third-order valence-corrected chi connectivity index (χ3v) is 11.6. The van der Waals surface area contributed by atoms with Gasteiger partial charge in [-0.25, -0.2) is 0 Å². The number of nitrogens with zero attached hydrogens (tertiary/aromatic N) is 1. The molecule has 288 valence electrons. The van der Waals surface area contributed by atoms with Crippen LogP contribution in [0.15, 0.2) is 199 Å². The van der Waals surface area contributed by atoms with Gasteiger partial charge < -0.3 is 9.32 Å². The molecule has 0 spiro atoms. The summed E-state index contributed by atoms with van der Waals surface area (Å²) in [6.45, 7) is 8.58. The van der Waals surface area contributed by atoms with Crippen molar-refractivity contribution >= 4 is 45.1 Å². The zero-order valence-corrected chi connectivity index (χ0v) is 34.0. The van der Waals surface area contributed by atoms with Crippen LogP contribution in [0.2, 0.25) is 0 Å². The fourth-order valence-corrected chi connectivity index (χ4v) is 8.58. The number of furan rings is 1. The molecule has 59 heavy (non-hydrogen) atoms. The fraction of sp³-hybridized carbons (Fsp3) is 0.123. The Hall–Kier alpha value is -6.90. The van der Waals surface area contributed by atoms with Crippen molar-refractivity contribution in [3.63, 3.8) is 0 Å². The van der Waals surface area contributed by atoms with E-state index in [0.717, 1.165) is 71.8 Å². The van der Waals surface area contributed by atoms with Crippen LogP contribution in [0.5, 0.6) is 0 Å². The molecule has 0 radical (unpaired) electrons. The first kappa shape index (κ1) is 37.7. The van der Waals surface area contributed by atoms with Crippen molar-refractivity contribution in [2.24, 2.45) is 0 Å². The Morgan fingerprint density at radius 2 is 1.31 bits per heavy atom. The Morgan fingerprint density at radius 1 is 0.576 bits per heavy atom. The minimum atomic E-state index is 0.777. The summed E-state index contributed by atoms with van der Waals surface area (Å²) in [6.07, 6.45) is 22.7. The molecule has 0 bridgehead atoms. The van der Waals surface area contributed by atoms with Gasteiger partial charge in [0.15, 0.2) is 0 Å². The van der Waals surface area contributed by atoms with E-state index in [2.05, 4.69) is 213 Å². The maximum absolute atomic E-state index is 6.37. The lowest BCUT2D eigenvalue weighted by atomic mass is 9.90. The van der Waals surface area contributed by atoms with E-state index in [1.54, 1.807) is 0 Å². The molecule has 0 unspecified atom stereocenters. The lowest BCUT2D eigenvalue weighted by Crippen LogP contribution is -2.10.